The Morgan fingerprint density at radius 1 is 1.26 bits per heavy atom. The van der Waals surface area contributed by atoms with Crippen molar-refractivity contribution in [3.05, 3.63) is 24.3 Å². The summed E-state index contributed by atoms with van der Waals surface area (Å²) in [4.78, 5) is 11.3. The summed E-state index contributed by atoms with van der Waals surface area (Å²) in [6.45, 7) is 7.95. The molecular weight excluding hydrogens is 240 g/mol. The third-order valence-corrected chi connectivity index (χ3v) is 2.65. The smallest absolute Gasteiger partial charge is 0.239 e. The van der Waals surface area contributed by atoms with Crippen molar-refractivity contribution in [3.63, 3.8) is 0 Å². The lowest BCUT2D eigenvalue weighted by atomic mass is 10.1. The van der Waals surface area contributed by atoms with Crippen molar-refractivity contribution in [2.45, 2.75) is 27.2 Å². The van der Waals surface area contributed by atoms with Gasteiger partial charge in [0.1, 0.15) is 5.75 Å². The molecule has 0 atom stereocenters. The molecule has 0 aliphatic heterocycles. The van der Waals surface area contributed by atoms with Gasteiger partial charge in [0.2, 0.25) is 5.91 Å². The Hall–Kier alpha value is -1.71. The molecule has 1 amide bonds. The van der Waals surface area contributed by atoms with Gasteiger partial charge in [-0.05, 0) is 43.5 Å². The number of ether oxygens (including phenoxy) is 1. The van der Waals surface area contributed by atoms with Gasteiger partial charge in [-0.1, -0.05) is 13.8 Å². The molecule has 0 fully saturated rings. The number of amides is 1. The third-order valence-electron chi connectivity index (χ3n) is 2.65. The van der Waals surface area contributed by atoms with E-state index in [1.807, 2.05) is 31.2 Å². The van der Waals surface area contributed by atoms with Crippen LogP contribution < -0.4 is 15.4 Å². The first-order valence-corrected chi connectivity index (χ1v) is 6.85. The number of hydrogen-bond acceptors (Lipinski definition) is 3. The van der Waals surface area contributed by atoms with Crippen LogP contribution in [0, 0.1) is 5.92 Å². The molecule has 2 N–H and O–H groups in total. The van der Waals surface area contributed by atoms with Crippen molar-refractivity contribution in [2.75, 3.05) is 25.0 Å². The van der Waals surface area contributed by atoms with E-state index < -0.39 is 0 Å². The fraction of sp³-hybridized carbons (Fsp3) is 0.533. The zero-order valence-corrected chi connectivity index (χ0v) is 12.0. The van der Waals surface area contributed by atoms with Crippen molar-refractivity contribution in [1.29, 1.82) is 0 Å². The molecular formula is C15H24N2O2. The minimum absolute atomic E-state index is 0.000222. The van der Waals surface area contributed by atoms with Gasteiger partial charge in [0.15, 0.2) is 0 Å². The Labute approximate surface area is 115 Å². The van der Waals surface area contributed by atoms with E-state index in [-0.39, 0.29) is 5.91 Å². The number of anilines is 1. The molecule has 4 heteroatoms. The molecule has 1 aromatic rings. The van der Waals surface area contributed by atoms with Gasteiger partial charge in [-0.3, -0.25) is 4.79 Å². The second kappa shape index (κ2) is 8.40. The predicted octanol–water partition coefficient (Wildman–Crippen LogP) is 2.66. The van der Waals surface area contributed by atoms with Crippen LogP contribution in [0.3, 0.4) is 0 Å². The highest BCUT2D eigenvalue weighted by atomic mass is 16.5. The minimum atomic E-state index is -0.000222. The summed E-state index contributed by atoms with van der Waals surface area (Å²) in [7, 11) is 0. The van der Waals surface area contributed by atoms with E-state index in [0.717, 1.165) is 24.5 Å². The second-order valence-electron chi connectivity index (χ2n) is 4.86. The quantitative estimate of drug-likeness (QED) is 0.759. The number of carbonyl (C=O) groups is 1. The highest BCUT2D eigenvalue weighted by Gasteiger charge is 2.00. The summed E-state index contributed by atoms with van der Waals surface area (Å²) in [5.74, 6) is 1.52. The normalized spacial score (nSPS) is 10.3. The zero-order chi connectivity index (χ0) is 14.1. The van der Waals surface area contributed by atoms with E-state index in [9.17, 15) is 4.79 Å². The number of hydrogen-bond donors (Lipinski definition) is 2. The Morgan fingerprint density at radius 2 is 1.95 bits per heavy atom. The maximum Gasteiger partial charge on any atom is 0.239 e. The molecule has 0 aliphatic carbocycles. The molecule has 0 aliphatic rings. The fourth-order valence-corrected chi connectivity index (χ4v) is 1.52. The van der Waals surface area contributed by atoms with Crippen LogP contribution in [-0.4, -0.2) is 25.6 Å². The summed E-state index contributed by atoms with van der Waals surface area (Å²) < 4.78 is 5.63. The molecule has 1 rings (SSSR count). The average molecular weight is 264 g/mol. The van der Waals surface area contributed by atoms with Gasteiger partial charge in [-0.15, -0.1) is 0 Å². The largest absolute Gasteiger partial charge is 0.494 e. The van der Waals surface area contributed by atoms with Gasteiger partial charge in [0.05, 0.1) is 13.2 Å². The van der Waals surface area contributed by atoms with Crippen LogP contribution in [0.5, 0.6) is 5.75 Å². The molecule has 0 unspecified atom stereocenters. The van der Waals surface area contributed by atoms with E-state index in [1.165, 1.54) is 0 Å². The van der Waals surface area contributed by atoms with Crippen LogP contribution in [0.25, 0.3) is 0 Å². The van der Waals surface area contributed by atoms with Crippen LogP contribution in [0.1, 0.15) is 27.2 Å². The lowest BCUT2D eigenvalue weighted by Gasteiger charge is -2.10. The maximum absolute atomic E-state index is 11.3. The van der Waals surface area contributed by atoms with E-state index in [4.69, 9.17) is 4.74 Å². The zero-order valence-electron chi connectivity index (χ0n) is 12.0. The van der Waals surface area contributed by atoms with Crippen molar-refractivity contribution in [1.82, 2.24) is 5.32 Å². The Bertz CT molecular complexity index is 374. The first-order valence-electron chi connectivity index (χ1n) is 6.85. The Balaban J connectivity index is 2.33. The molecule has 0 bridgehead atoms. The lowest BCUT2D eigenvalue weighted by molar-refractivity contribution is -0.119. The van der Waals surface area contributed by atoms with Gasteiger partial charge in [0, 0.05) is 12.2 Å². The summed E-state index contributed by atoms with van der Waals surface area (Å²) in [6.07, 6.45) is 1.05. The van der Waals surface area contributed by atoms with Crippen LogP contribution >= 0.6 is 0 Å². The van der Waals surface area contributed by atoms with E-state index in [2.05, 4.69) is 24.5 Å². The molecule has 0 saturated heterocycles. The predicted molar refractivity (Wildman–Crippen MR) is 78.6 cm³/mol. The first kappa shape index (κ1) is 15.3. The van der Waals surface area contributed by atoms with Gasteiger partial charge in [0.25, 0.3) is 0 Å². The monoisotopic (exact) mass is 264 g/mol. The van der Waals surface area contributed by atoms with E-state index >= 15 is 0 Å². The maximum atomic E-state index is 11.3. The van der Waals surface area contributed by atoms with Crippen molar-refractivity contribution < 1.29 is 9.53 Å². The molecule has 1 aromatic carbocycles. The molecule has 4 nitrogen and oxygen atoms in total. The average Bonchev–Trinajstić information content (AvgIpc) is 2.38. The molecule has 0 spiro atoms. The topological polar surface area (TPSA) is 50.4 Å². The molecule has 0 saturated carbocycles. The molecule has 0 radical (unpaired) electrons. The molecule has 0 aromatic heterocycles. The first-order chi connectivity index (χ1) is 9.11. The number of benzene rings is 1. The molecule has 0 heterocycles. The molecule has 19 heavy (non-hydrogen) atoms. The third kappa shape index (κ3) is 6.70. The standard InChI is InChI=1S/C15H24N2O2/c1-4-16-15(18)11-17-13-5-7-14(8-6-13)19-10-9-12(2)3/h5-8,12,17H,4,9-11H2,1-3H3,(H,16,18). The van der Waals surface area contributed by atoms with Gasteiger partial charge in [-0.2, -0.15) is 0 Å². The Morgan fingerprint density at radius 3 is 2.53 bits per heavy atom. The van der Waals surface area contributed by atoms with Crippen molar-refractivity contribution in [3.8, 4) is 5.75 Å². The van der Waals surface area contributed by atoms with E-state index in [0.29, 0.717) is 19.0 Å². The fourth-order valence-electron chi connectivity index (χ4n) is 1.52. The molecule has 106 valence electrons. The summed E-state index contributed by atoms with van der Waals surface area (Å²) >= 11 is 0. The number of likely N-dealkylation sites (N-methyl/N-ethyl adjacent to an activating group) is 1. The van der Waals surface area contributed by atoms with Crippen LogP contribution in [0.4, 0.5) is 5.69 Å². The number of rotatable bonds is 8. The van der Waals surface area contributed by atoms with Gasteiger partial charge >= 0.3 is 0 Å². The van der Waals surface area contributed by atoms with Crippen LogP contribution in [0.15, 0.2) is 24.3 Å². The highest BCUT2D eigenvalue weighted by molar-refractivity contribution is 5.80. The van der Waals surface area contributed by atoms with Crippen molar-refractivity contribution >= 4 is 11.6 Å². The van der Waals surface area contributed by atoms with Crippen LogP contribution in [-0.2, 0) is 4.79 Å². The van der Waals surface area contributed by atoms with Crippen LogP contribution in [0.2, 0.25) is 0 Å². The lowest BCUT2D eigenvalue weighted by Crippen LogP contribution is -2.29. The van der Waals surface area contributed by atoms with Gasteiger partial charge < -0.3 is 15.4 Å². The SMILES string of the molecule is CCNC(=O)CNc1ccc(OCCC(C)C)cc1. The van der Waals surface area contributed by atoms with E-state index in [1.54, 1.807) is 0 Å². The summed E-state index contributed by atoms with van der Waals surface area (Å²) in [5.41, 5.74) is 0.919. The Kier molecular flexibility index (Phi) is 6.79. The summed E-state index contributed by atoms with van der Waals surface area (Å²) in [5, 5.41) is 5.80. The highest BCUT2D eigenvalue weighted by Crippen LogP contribution is 2.16. The number of nitrogens with one attached hydrogen (secondary N) is 2. The minimum Gasteiger partial charge on any atom is -0.494 e. The van der Waals surface area contributed by atoms with Gasteiger partial charge in [-0.25, -0.2) is 0 Å². The number of carbonyl (C=O) groups excluding carboxylic acids is 1. The van der Waals surface area contributed by atoms with Crippen molar-refractivity contribution in [2.24, 2.45) is 5.92 Å². The second-order valence-corrected chi connectivity index (χ2v) is 4.86. The summed E-state index contributed by atoms with van der Waals surface area (Å²) in [6, 6.07) is 7.68.